The molecule has 24 heavy (non-hydrogen) atoms. The summed E-state index contributed by atoms with van der Waals surface area (Å²) in [5.41, 5.74) is 1.79. The van der Waals surface area contributed by atoms with Crippen LogP contribution in [0.4, 0.5) is 4.79 Å². The second-order valence-electron chi connectivity index (χ2n) is 5.61. The zero-order chi connectivity index (χ0) is 16.8. The van der Waals surface area contributed by atoms with Gasteiger partial charge in [0.15, 0.2) is 0 Å². The van der Waals surface area contributed by atoms with Crippen molar-refractivity contribution in [3.63, 3.8) is 0 Å². The summed E-state index contributed by atoms with van der Waals surface area (Å²) in [6.07, 6.45) is 2.82. The van der Waals surface area contributed by atoms with Gasteiger partial charge in [0.05, 0.1) is 18.6 Å². The van der Waals surface area contributed by atoms with Crippen molar-refractivity contribution in [2.45, 2.75) is 19.1 Å². The quantitative estimate of drug-likeness (QED) is 0.651. The monoisotopic (exact) mass is 324 g/mol. The number of carbonyl (C=O) groups is 1. The standard InChI is InChI=1S/C19H20N2O3/c22-18(16-9-11-24-13-16)8-10-20-19(23)21-12-15-6-3-5-14-4-1-2-7-17(14)15/h1-7,9,11,13,18,22H,8,10,12H2,(H2,20,21,23)/t18-/m0/s1. The highest BCUT2D eigenvalue weighted by molar-refractivity contribution is 5.86. The van der Waals surface area contributed by atoms with Crippen LogP contribution in [0.1, 0.15) is 23.7 Å². The number of hydrogen-bond acceptors (Lipinski definition) is 3. The summed E-state index contributed by atoms with van der Waals surface area (Å²) in [7, 11) is 0. The third-order valence-corrected chi connectivity index (χ3v) is 3.95. The van der Waals surface area contributed by atoms with Crippen molar-refractivity contribution in [3.8, 4) is 0 Å². The number of aliphatic hydroxyl groups excluding tert-OH is 1. The maximum Gasteiger partial charge on any atom is 0.315 e. The summed E-state index contributed by atoms with van der Waals surface area (Å²) in [6, 6.07) is 15.6. The van der Waals surface area contributed by atoms with Gasteiger partial charge in [0.2, 0.25) is 0 Å². The molecule has 0 aliphatic heterocycles. The molecule has 3 rings (SSSR count). The highest BCUT2D eigenvalue weighted by Crippen LogP contribution is 2.18. The van der Waals surface area contributed by atoms with Gasteiger partial charge in [-0.25, -0.2) is 4.79 Å². The predicted molar refractivity (Wildman–Crippen MR) is 92.5 cm³/mol. The van der Waals surface area contributed by atoms with E-state index in [9.17, 15) is 9.90 Å². The molecule has 3 N–H and O–H groups in total. The highest BCUT2D eigenvalue weighted by atomic mass is 16.3. The van der Waals surface area contributed by atoms with E-state index < -0.39 is 6.10 Å². The average molecular weight is 324 g/mol. The number of urea groups is 1. The van der Waals surface area contributed by atoms with Crippen LogP contribution >= 0.6 is 0 Å². The first kappa shape index (κ1) is 16.1. The molecule has 0 fully saturated rings. The molecule has 0 bridgehead atoms. The van der Waals surface area contributed by atoms with Crippen LogP contribution in [-0.2, 0) is 6.54 Å². The molecular formula is C19H20N2O3. The Morgan fingerprint density at radius 2 is 1.92 bits per heavy atom. The molecule has 0 aliphatic carbocycles. The first-order chi connectivity index (χ1) is 11.7. The summed E-state index contributed by atoms with van der Waals surface area (Å²) < 4.78 is 4.93. The SMILES string of the molecule is O=C(NCC[C@H](O)c1ccoc1)NCc1cccc2ccccc12. The first-order valence-electron chi connectivity index (χ1n) is 7.92. The largest absolute Gasteiger partial charge is 0.472 e. The fourth-order valence-corrected chi connectivity index (χ4v) is 2.64. The molecule has 0 saturated carbocycles. The van der Waals surface area contributed by atoms with E-state index in [0.717, 1.165) is 16.3 Å². The van der Waals surface area contributed by atoms with Crippen molar-refractivity contribution in [2.75, 3.05) is 6.54 Å². The molecule has 1 aromatic heterocycles. The van der Waals surface area contributed by atoms with E-state index in [-0.39, 0.29) is 6.03 Å². The van der Waals surface area contributed by atoms with Gasteiger partial charge in [-0.05, 0) is 28.8 Å². The van der Waals surface area contributed by atoms with Gasteiger partial charge in [-0.2, -0.15) is 0 Å². The highest BCUT2D eigenvalue weighted by Gasteiger charge is 2.09. The minimum Gasteiger partial charge on any atom is -0.472 e. The Hall–Kier alpha value is -2.79. The third-order valence-electron chi connectivity index (χ3n) is 3.95. The normalized spacial score (nSPS) is 12.0. The number of rotatable bonds is 6. The van der Waals surface area contributed by atoms with Gasteiger partial charge >= 0.3 is 6.03 Å². The fourth-order valence-electron chi connectivity index (χ4n) is 2.64. The van der Waals surface area contributed by atoms with Crippen molar-refractivity contribution in [1.82, 2.24) is 10.6 Å². The van der Waals surface area contributed by atoms with E-state index >= 15 is 0 Å². The van der Waals surface area contributed by atoms with Crippen LogP contribution in [0, 0.1) is 0 Å². The molecule has 2 amide bonds. The van der Waals surface area contributed by atoms with Crippen LogP contribution in [0.15, 0.2) is 65.5 Å². The summed E-state index contributed by atoms with van der Waals surface area (Å²) in [5, 5.41) is 17.8. The molecule has 0 unspecified atom stereocenters. The van der Waals surface area contributed by atoms with Crippen LogP contribution in [-0.4, -0.2) is 17.7 Å². The second kappa shape index (κ2) is 7.66. The van der Waals surface area contributed by atoms with E-state index in [0.29, 0.717) is 25.1 Å². The lowest BCUT2D eigenvalue weighted by Crippen LogP contribution is -2.36. The molecule has 0 spiro atoms. The van der Waals surface area contributed by atoms with Crippen molar-refractivity contribution in [2.24, 2.45) is 0 Å². The van der Waals surface area contributed by atoms with Gasteiger partial charge in [0.25, 0.3) is 0 Å². The molecule has 0 radical (unpaired) electrons. The van der Waals surface area contributed by atoms with Crippen molar-refractivity contribution < 1.29 is 14.3 Å². The van der Waals surface area contributed by atoms with Crippen LogP contribution in [0.2, 0.25) is 0 Å². The average Bonchev–Trinajstić information content (AvgIpc) is 3.14. The summed E-state index contributed by atoms with van der Waals surface area (Å²) in [6.45, 7) is 0.838. The lowest BCUT2D eigenvalue weighted by Gasteiger charge is -2.11. The molecule has 5 heteroatoms. The summed E-state index contributed by atoms with van der Waals surface area (Å²) in [4.78, 5) is 11.9. The van der Waals surface area contributed by atoms with Crippen LogP contribution in [0.5, 0.6) is 0 Å². The Labute approximate surface area is 140 Å². The lowest BCUT2D eigenvalue weighted by atomic mass is 10.0. The maximum atomic E-state index is 11.9. The van der Waals surface area contributed by atoms with Crippen LogP contribution in [0.3, 0.4) is 0 Å². The Bertz CT molecular complexity index is 794. The number of fused-ring (bicyclic) bond motifs is 1. The maximum absolute atomic E-state index is 11.9. The van der Waals surface area contributed by atoms with E-state index in [1.165, 1.54) is 12.5 Å². The number of aliphatic hydroxyl groups is 1. The van der Waals surface area contributed by atoms with Gasteiger partial charge in [0, 0.05) is 18.7 Å². The Morgan fingerprint density at radius 3 is 2.75 bits per heavy atom. The van der Waals surface area contributed by atoms with Crippen LogP contribution < -0.4 is 10.6 Å². The van der Waals surface area contributed by atoms with Gasteiger partial charge in [-0.1, -0.05) is 42.5 Å². The minimum absolute atomic E-state index is 0.248. The summed E-state index contributed by atoms with van der Waals surface area (Å²) in [5.74, 6) is 0. The molecule has 1 atom stereocenters. The Morgan fingerprint density at radius 1 is 1.08 bits per heavy atom. The second-order valence-corrected chi connectivity index (χ2v) is 5.61. The zero-order valence-corrected chi connectivity index (χ0v) is 13.2. The fraction of sp³-hybridized carbons (Fsp3) is 0.211. The predicted octanol–water partition coefficient (Wildman–Crippen LogP) is 3.36. The lowest BCUT2D eigenvalue weighted by molar-refractivity contribution is 0.166. The van der Waals surface area contributed by atoms with Crippen molar-refractivity contribution in [3.05, 3.63) is 72.2 Å². The molecular weight excluding hydrogens is 304 g/mol. The van der Waals surface area contributed by atoms with Gasteiger partial charge in [0.1, 0.15) is 0 Å². The number of furan rings is 1. The van der Waals surface area contributed by atoms with Gasteiger partial charge in [-0.3, -0.25) is 0 Å². The number of nitrogens with one attached hydrogen (secondary N) is 2. The molecule has 3 aromatic rings. The molecule has 5 nitrogen and oxygen atoms in total. The van der Waals surface area contributed by atoms with Crippen LogP contribution in [0.25, 0.3) is 10.8 Å². The topological polar surface area (TPSA) is 74.5 Å². The van der Waals surface area contributed by atoms with Crippen molar-refractivity contribution >= 4 is 16.8 Å². The minimum atomic E-state index is -0.637. The third kappa shape index (κ3) is 3.94. The Balaban J connectivity index is 1.47. The summed E-state index contributed by atoms with van der Waals surface area (Å²) >= 11 is 0. The number of carbonyl (C=O) groups excluding carboxylic acids is 1. The van der Waals surface area contributed by atoms with E-state index in [1.54, 1.807) is 6.07 Å². The zero-order valence-electron chi connectivity index (χ0n) is 13.2. The van der Waals surface area contributed by atoms with E-state index in [1.807, 2.05) is 30.3 Å². The number of amides is 2. The van der Waals surface area contributed by atoms with E-state index in [4.69, 9.17) is 4.42 Å². The van der Waals surface area contributed by atoms with Gasteiger partial charge in [-0.15, -0.1) is 0 Å². The first-order valence-corrected chi connectivity index (χ1v) is 7.92. The number of hydrogen-bond donors (Lipinski definition) is 3. The number of benzene rings is 2. The van der Waals surface area contributed by atoms with Crippen molar-refractivity contribution in [1.29, 1.82) is 0 Å². The molecule has 0 saturated heterocycles. The Kier molecular flexibility index (Phi) is 5.13. The van der Waals surface area contributed by atoms with Gasteiger partial charge < -0.3 is 20.2 Å². The molecule has 1 heterocycles. The molecule has 0 aliphatic rings. The smallest absolute Gasteiger partial charge is 0.315 e. The van der Waals surface area contributed by atoms with E-state index in [2.05, 4.69) is 22.8 Å². The molecule has 124 valence electrons. The molecule has 2 aromatic carbocycles.